The summed E-state index contributed by atoms with van der Waals surface area (Å²) >= 11 is 1.86. The van der Waals surface area contributed by atoms with Crippen LogP contribution in [0.1, 0.15) is 20.8 Å². The Kier molecular flexibility index (Phi) is 4.39. The van der Waals surface area contributed by atoms with Crippen LogP contribution in [0, 0.1) is 0 Å². The molecule has 1 saturated heterocycles. The van der Waals surface area contributed by atoms with Gasteiger partial charge >= 0.3 is 0 Å². The molecule has 0 atom stereocenters. The van der Waals surface area contributed by atoms with Gasteiger partial charge in [-0.3, -0.25) is 9.69 Å². The molecule has 1 fully saturated rings. The summed E-state index contributed by atoms with van der Waals surface area (Å²) in [5, 5.41) is 2.18. The number of likely N-dealkylation sites (tertiary alicyclic amines) is 1. The van der Waals surface area contributed by atoms with E-state index in [1.54, 1.807) is 32.4 Å². The summed E-state index contributed by atoms with van der Waals surface area (Å²) in [5.41, 5.74) is 2.11. The van der Waals surface area contributed by atoms with Crippen molar-refractivity contribution < 1.29 is 14.3 Å². The van der Waals surface area contributed by atoms with Crippen LogP contribution in [0.3, 0.4) is 0 Å². The third-order valence-corrected chi connectivity index (χ3v) is 6.16. The van der Waals surface area contributed by atoms with E-state index in [9.17, 15) is 4.79 Å². The molecule has 0 spiro atoms. The van der Waals surface area contributed by atoms with Crippen LogP contribution >= 0.6 is 11.3 Å². The SMILES string of the molecule is COc1ccc(C(=O)N2CC(N3CCc4sccc4C3)C2)cc1OC. The summed E-state index contributed by atoms with van der Waals surface area (Å²) in [6.07, 6.45) is 1.13. The average Bonchev–Trinajstić information content (AvgIpc) is 3.07. The molecule has 0 bridgehead atoms. The molecular formula is C19H22N2O3S. The zero-order chi connectivity index (χ0) is 17.4. The van der Waals surface area contributed by atoms with Gasteiger partial charge in [-0.05, 0) is 41.6 Å². The first-order valence-corrected chi connectivity index (χ1v) is 9.38. The van der Waals surface area contributed by atoms with Crippen LogP contribution < -0.4 is 9.47 Å². The van der Waals surface area contributed by atoms with E-state index >= 15 is 0 Å². The number of benzene rings is 1. The Morgan fingerprint density at radius 1 is 1.16 bits per heavy atom. The van der Waals surface area contributed by atoms with Gasteiger partial charge in [0.2, 0.25) is 0 Å². The molecule has 0 unspecified atom stereocenters. The van der Waals surface area contributed by atoms with Gasteiger partial charge in [0.15, 0.2) is 11.5 Å². The number of fused-ring (bicyclic) bond motifs is 1. The normalized spacial score (nSPS) is 17.8. The Balaban J connectivity index is 1.38. The molecule has 1 aromatic carbocycles. The van der Waals surface area contributed by atoms with Crippen LogP contribution in [0.4, 0.5) is 0 Å². The van der Waals surface area contributed by atoms with Gasteiger partial charge in [0, 0.05) is 42.7 Å². The first-order valence-electron chi connectivity index (χ1n) is 8.50. The van der Waals surface area contributed by atoms with Crippen LogP contribution in [0.15, 0.2) is 29.6 Å². The predicted molar refractivity (Wildman–Crippen MR) is 97.7 cm³/mol. The number of amides is 1. The molecule has 0 saturated carbocycles. The van der Waals surface area contributed by atoms with Crippen LogP contribution in [0.2, 0.25) is 0 Å². The van der Waals surface area contributed by atoms with E-state index in [-0.39, 0.29) is 5.91 Å². The Hall–Kier alpha value is -2.05. The maximum Gasteiger partial charge on any atom is 0.254 e. The van der Waals surface area contributed by atoms with E-state index in [0.717, 1.165) is 32.6 Å². The lowest BCUT2D eigenvalue weighted by Gasteiger charge is -2.46. The van der Waals surface area contributed by atoms with Crippen molar-refractivity contribution in [1.29, 1.82) is 0 Å². The number of rotatable bonds is 4. The van der Waals surface area contributed by atoms with Gasteiger partial charge in [0.1, 0.15) is 0 Å². The van der Waals surface area contributed by atoms with Gasteiger partial charge in [-0.1, -0.05) is 0 Å². The lowest BCUT2D eigenvalue weighted by Crippen LogP contribution is -2.61. The van der Waals surface area contributed by atoms with Crippen molar-refractivity contribution in [3.8, 4) is 11.5 Å². The van der Waals surface area contributed by atoms with Crippen molar-refractivity contribution >= 4 is 17.2 Å². The molecule has 0 N–H and O–H groups in total. The van der Waals surface area contributed by atoms with Gasteiger partial charge in [-0.2, -0.15) is 0 Å². The van der Waals surface area contributed by atoms with Crippen LogP contribution in [-0.2, 0) is 13.0 Å². The molecule has 2 aliphatic rings. The summed E-state index contributed by atoms with van der Waals surface area (Å²) in [7, 11) is 3.18. The van der Waals surface area contributed by atoms with Crippen LogP contribution in [-0.4, -0.2) is 55.6 Å². The van der Waals surface area contributed by atoms with Crippen molar-refractivity contribution in [2.75, 3.05) is 33.9 Å². The summed E-state index contributed by atoms with van der Waals surface area (Å²) in [5.74, 6) is 1.29. The molecule has 132 valence electrons. The highest BCUT2D eigenvalue weighted by molar-refractivity contribution is 7.10. The molecule has 1 aromatic heterocycles. The number of carbonyl (C=O) groups is 1. The van der Waals surface area contributed by atoms with Gasteiger partial charge in [-0.25, -0.2) is 0 Å². The maximum atomic E-state index is 12.7. The highest BCUT2D eigenvalue weighted by Crippen LogP contribution is 2.30. The predicted octanol–water partition coefficient (Wildman–Crippen LogP) is 2.65. The van der Waals surface area contributed by atoms with Crippen LogP contribution in [0.25, 0.3) is 0 Å². The quantitative estimate of drug-likeness (QED) is 0.843. The second kappa shape index (κ2) is 6.69. The Bertz CT molecular complexity index is 783. The first-order chi connectivity index (χ1) is 12.2. The number of hydrogen-bond acceptors (Lipinski definition) is 5. The first kappa shape index (κ1) is 16.4. The van der Waals surface area contributed by atoms with Crippen LogP contribution in [0.5, 0.6) is 11.5 Å². The molecule has 25 heavy (non-hydrogen) atoms. The molecular weight excluding hydrogens is 336 g/mol. The molecule has 4 rings (SSSR count). The lowest BCUT2D eigenvalue weighted by atomic mass is 10.0. The van der Waals surface area contributed by atoms with Crippen molar-refractivity contribution in [3.63, 3.8) is 0 Å². The Morgan fingerprint density at radius 2 is 1.96 bits per heavy atom. The summed E-state index contributed by atoms with van der Waals surface area (Å²) in [6.45, 7) is 3.71. The molecule has 1 amide bonds. The molecule has 3 heterocycles. The standard InChI is InChI=1S/C19H22N2O3S/c1-23-16-4-3-13(9-17(16)24-2)19(22)21-11-15(12-21)20-7-5-18-14(10-20)6-8-25-18/h3-4,6,8-9,15H,5,7,10-12H2,1-2H3. The highest BCUT2D eigenvalue weighted by atomic mass is 32.1. The second-order valence-corrected chi connectivity index (χ2v) is 7.52. The molecule has 5 nitrogen and oxygen atoms in total. The van der Waals surface area contributed by atoms with Crippen molar-refractivity contribution in [1.82, 2.24) is 9.80 Å². The van der Waals surface area contributed by atoms with E-state index in [1.165, 1.54) is 10.4 Å². The number of nitrogens with zero attached hydrogens (tertiary/aromatic N) is 2. The minimum atomic E-state index is 0.0606. The zero-order valence-corrected chi connectivity index (χ0v) is 15.3. The third-order valence-electron chi connectivity index (χ3n) is 5.13. The summed E-state index contributed by atoms with van der Waals surface area (Å²) in [6, 6.07) is 8.04. The maximum absolute atomic E-state index is 12.7. The average molecular weight is 358 g/mol. The topological polar surface area (TPSA) is 42.0 Å². The fourth-order valence-electron chi connectivity index (χ4n) is 3.59. The Morgan fingerprint density at radius 3 is 2.72 bits per heavy atom. The zero-order valence-electron chi connectivity index (χ0n) is 14.5. The fraction of sp³-hybridized carbons (Fsp3) is 0.421. The molecule has 0 aliphatic carbocycles. The lowest BCUT2D eigenvalue weighted by molar-refractivity contribution is 0.0220. The number of methoxy groups -OCH3 is 2. The summed E-state index contributed by atoms with van der Waals surface area (Å²) in [4.78, 5) is 18.6. The highest BCUT2D eigenvalue weighted by Gasteiger charge is 2.36. The number of carbonyl (C=O) groups excluding carboxylic acids is 1. The van der Waals surface area contributed by atoms with E-state index in [1.807, 2.05) is 16.2 Å². The molecule has 0 radical (unpaired) electrons. The minimum absolute atomic E-state index is 0.0606. The summed E-state index contributed by atoms with van der Waals surface area (Å²) < 4.78 is 10.5. The van der Waals surface area contributed by atoms with Gasteiger partial charge in [0.25, 0.3) is 5.91 Å². The number of hydrogen-bond donors (Lipinski definition) is 0. The van der Waals surface area contributed by atoms with Crippen molar-refractivity contribution in [2.24, 2.45) is 0 Å². The van der Waals surface area contributed by atoms with E-state index in [2.05, 4.69) is 16.3 Å². The van der Waals surface area contributed by atoms with Gasteiger partial charge in [0.05, 0.1) is 14.2 Å². The van der Waals surface area contributed by atoms with Gasteiger partial charge in [-0.15, -0.1) is 11.3 Å². The third kappa shape index (κ3) is 3.00. The molecule has 2 aromatic rings. The minimum Gasteiger partial charge on any atom is -0.493 e. The Labute approximate surface area is 151 Å². The second-order valence-electron chi connectivity index (χ2n) is 6.52. The van der Waals surface area contributed by atoms with Crippen molar-refractivity contribution in [3.05, 3.63) is 45.6 Å². The monoisotopic (exact) mass is 358 g/mol. The molecule has 2 aliphatic heterocycles. The number of ether oxygens (including phenoxy) is 2. The van der Waals surface area contributed by atoms with E-state index < -0.39 is 0 Å². The smallest absolute Gasteiger partial charge is 0.254 e. The largest absolute Gasteiger partial charge is 0.493 e. The van der Waals surface area contributed by atoms with Crippen molar-refractivity contribution in [2.45, 2.75) is 19.0 Å². The van der Waals surface area contributed by atoms with Gasteiger partial charge < -0.3 is 14.4 Å². The number of thiophene rings is 1. The van der Waals surface area contributed by atoms with E-state index in [4.69, 9.17) is 9.47 Å². The fourth-order valence-corrected chi connectivity index (χ4v) is 4.48. The molecule has 6 heteroatoms. The van der Waals surface area contributed by atoms with E-state index in [0.29, 0.717) is 23.1 Å².